The molecular formula is C21H38IN5O2. The number of rotatable bonds is 10. The SMILES string of the molecule is CCNC(=NCc1ccnc(OC)c1)NCC(C(CC)CC)N1CCOCC1.I. The minimum absolute atomic E-state index is 0. The molecule has 0 amide bonds. The highest BCUT2D eigenvalue weighted by atomic mass is 127. The maximum absolute atomic E-state index is 5.55. The molecule has 0 aliphatic carbocycles. The summed E-state index contributed by atoms with van der Waals surface area (Å²) in [5.74, 6) is 2.13. The Bertz CT molecular complexity index is 592. The van der Waals surface area contributed by atoms with E-state index in [9.17, 15) is 0 Å². The van der Waals surface area contributed by atoms with Crippen molar-refractivity contribution in [2.45, 2.75) is 46.2 Å². The van der Waals surface area contributed by atoms with Gasteiger partial charge in [0.15, 0.2) is 5.96 Å². The molecule has 1 aromatic rings. The summed E-state index contributed by atoms with van der Waals surface area (Å²) in [4.78, 5) is 11.5. The molecular weight excluding hydrogens is 481 g/mol. The first-order valence-corrected chi connectivity index (χ1v) is 10.5. The van der Waals surface area contributed by atoms with Crippen LogP contribution >= 0.6 is 24.0 Å². The Morgan fingerprint density at radius 3 is 2.59 bits per heavy atom. The zero-order chi connectivity index (χ0) is 20.2. The Kier molecular flexibility index (Phi) is 13.2. The number of halogens is 1. The number of methoxy groups -OCH3 is 1. The van der Waals surface area contributed by atoms with E-state index in [0.717, 1.165) is 50.9 Å². The van der Waals surface area contributed by atoms with Gasteiger partial charge in [0.05, 0.1) is 26.9 Å². The van der Waals surface area contributed by atoms with Gasteiger partial charge in [0.25, 0.3) is 0 Å². The van der Waals surface area contributed by atoms with Gasteiger partial charge >= 0.3 is 0 Å². The van der Waals surface area contributed by atoms with Crippen LogP contribution in [0.1, 0.15) is 39.2 Å². The van der Waals surface area contributed by atoms with Gasteiger partial charge in [-0.2, -0.15) is 0 Å². The Hall–Kier alpha value is -1.13. The second kappa shape index (κ2) is 14.8. The number of hydrogen-bond acceptors (Lipinski definition) is 5. The second-order valence-corrected chi connectivity index (χ2v) is 7.07. The van der Waals surface area contributed by atoms with Crippen molar-refractivity contribution in [3.05, 3.63) is 23.9 Å². The average molecular weight is 519 g/mol. The largest absolute Gasteiger partial charge is 0.481 e. The van der Waals surface area contributed by atoms with Crippen molar-refractivity contribution in [3.8, 4) is 5.88 Å². The lowest BCUT2D eigenvalue weighted by molar-refractivity contribution is 0.00272. The van der Waals surface area contributed by atoms with E-state index in [-0.39, 0.29) is 24.0 Å². The third-order valence-electron chi connectivity index (χ3n) is 5.36. The summed E-state index contributed by atoms with van der Waals surface area (Å²) < 4.78 is 10.8. The highest BCUT2D eigenvalue weighted by Gasteiger charge is 2.26. The standard InChI is InChI=1S/C21H37N5O2.HI/c1-5-18(6-2)19(26-10-12-28-13-11-26)16-25-21(22-7-3)24-15-17-8-9-23-20(14-17)27-4;/h8-9,14,18-19H,5-7,10-13,15-16H2,1-4H3,(H2,22,24,25);1H. The van der Waals surface area contributed by atoms with E-state index in [1.807, 2.05) is 12.1 Å². The van der Waals surface area contributed by atoms with Crippen LogP contribution in [0.25, 0.3) is 0 Å². The van der Waals surface area contributed by atoms with Crippen LogP contribution in [0.2, 0.25) is 0 Å². The molecule has 2 N–H and O–H groups in total. The van der Waals surface area contributed by atoms with E-state index < -0.39 is 0 Å². The van der Waals surface area contributed by atoms with Crippen LogP contribution in [0.5, 0.6) is 5.88 Å². The third-order valence-corrected chi connectivity index (χ3v) is 5.36. The highest BCUT2D eigenvalue weighted by molar-refractivity contribution is 14.0. The van der Waals surface area contributed by atoms with E-state index >= 15 is 0 Å². The monoisotopic (exact) mass is 519 g/mol. The number of hydrogen-bond donors (Lipinski definition) is 2. The number of nitrogens with zero attached hydrogens (tertiary/aromatic N) is 3. The van der Waals surface area contributed by atoms with Crippen LogP contribution in [0.3, 0.4) is 0 Å². The quantitative estimate of drug-likeness (QED) is 0.282. The van der Waals surface area contributed by atoms with Gasteiger partial charge in [-0.05, 0) is 24.5 Å². The van der Waals surface area contributed by atoms with Crippen molar-refractivity contribution in [2.24, 2.45) is 10.9 Å². The van der Waals surface area contributed by atoms with Gasteiger partial charge in [-0.1, -0.05) is 26.7 Å². The number of aromatic nitrogens is 1. The van der Waals surface area contributed by atoms with Crippen LogP contribution in [0, 0.1) is 5.92 Å². The van der Waals surface area contributed by atoms with Gasteiger partial charge in [0.2, 0.25) is 5.88 Å². The van der Waals surface area contributed by atoms with Crippen molar-refractivity contribution < 1.29 is 9.47 Å². The van der Waals surface area contributed by atoms with Gasteiger partial charge < -0.3 is 20.1 Å². The number of aliphatic imine (C=N–C) groups is 1. The Labute approximate surface area is 193 Å². The first-order valence-electron chi connectivity index (χ1n) is 10.5. The molecule has 8 heteroatoms. The topological polar surface area (TPSA) is 71.0 Å². The lowest BCUT2D eigenvalue weighted by Crippen LogP contribution is -2.53. The number of nitrogens with one attached hydrogen (secondary N) is 2. The van der Waals surface area contributed by atoms with Crippen molar-refractivity contribution in [1.82, 2.24) is 20.5 Å². The first kappa shape index (κ1) is 25.9. The van der Waals surface area contributed by atoms with Crippen LogP contribution < -0.4 is 15.4 Å². The molecule has 1 unspecified atom stereocenters. The van der Waals surface area contributed by atoms with Gasteiger partial charge in [0, 0.05) is 44.5 Å². The van der Waals surface area contributed by atoms with Crippen molar-refractivity contribution in [2.75, 3.05) is 46.5 Å². The fourth-order valence-electron chi connectivity index (χ4n) is 3.71. The molecule has 0 saturated carbocycles. The molecule has 1 fully saturated rings. The van der Waals surface area contributed by atoms with Gasteiger partial charge in [-0.15, -0.1) is 24.0 Å². The average Bonchev–Trinajstić information content (AvgIpc) is 2.75. The van der Waals surface area contributed by atoms with E-state index in [1.165, 1.54) is 12.8 Å². The lowest BCUT2D eigenvalue weighted by Gasteiger charge is -2.39. The molecule has 0 spiro atoms. The fourth-order valence-corrected chi connectivity index (χ4v) is 3.71. The van der Waals surface area contributed by atoms with Gasteiger partial charge in [0.1, 0.15) is 0 Å². The zero-order valence-corrected chi connectivity index (χ0v) is 20.6. The van der Waals surface area contributed by atoms with E-state index in [4.69, 9.17) is 14.5 Å². The number of guanidine groups is 1. The predicted molar refractivity (Wildman–Crippen MR) is 129 cm³/mol. The number of pyridine rings is 1. The molecule has 2 heterocycles. The van der Waals surface area contributed by atoms with E-state index in [0.29, 0.717) is 24.4 Å². The van der Waals surface area contributed by atoms with Crippen molar-refractivity contribution in [3.63, 3.8) is 0 Å². The van der Waals surface area contributed by atoms with Crippen LogP contribution in [0.4, 0.5) is 0 Å². The molecule has 1 aromatic heterocycles. The first-order chi connectivity index (χ1) is 13.7. The van der Waals surface area contributed by atoms with E-state index in [1.54, 1.807) is 13.3 Å². The van der Waals surface area contributed by atoms with Crippen LogP contribution in [0.15, 0.2) is 23.3 Å². The summed E-state index contributed by atoms with van der Waals surface area (Å²) in [5.41, 5.74) is 1.08. The molecule has 1 saturated heterocycles. The highest BCUT2D eigenvalue weighted by Crippen LogP contribution is 2.19. The molecule has 2 rings (SSSR count). The molecule has 1 atom stereocenters. The molecule has 1 aliphatic rings. The minimum atomic E-state index is 0. The van der Waals surface area contributed by atoms with Crippen molar-refractivity contribution in [1.29, 1.82) is 0 Å². The van der Waals surface area contributed by atoms with Gasteiger partial charge in [-0.3, -0.25) is 4.90 Å². The fraction of sp³-hybridized carbons (Fsp3) is 0.714. The van der Waals surface area contributed by atoms with Gasteiger partial charge in [-0.25, -0.2) is 9.98 Å². The van der Waals surface area contributed by atoms with Crippen LogP contribution in [-0.4, -0.2) is 68.4 Å². The Balaban J connectivity index is 0.00000420. The number of ether oxygens (including phenoxy) is 2. The maximum Gasteiger partial charge on any atom is 0.213 e. The molecule has 0 aromatic carbocycles. The summed E-state index contributed by atoms with van der Waals surface area (Å²) in [6, 6.07) is 4.38. The van der Waals surface area contributed by atoms with Crippen molar-refractivity contribution >= 4 is 29.9 Å². The number of morpholine rings is 1. The summed E-state index contributed by atoms with van der Waals surface area (Å²) in [5, 5.41) is 6.94. The predicted octanol–water partition coefficient (Wildman–Crippen LogP) is 2.90. The Morgan fingerprint density at radius 2 is 1.97 bits per heavy atom. The second-order valence-electron chi connectivity index (χ2n) is 7.07. The summed E-state index contributed by atoms with van der Waals surface area (Å²) in [6.45, 7) is 12.6. The summed E-state index contributed by atoms with van der Waals surface area (Å²) in [6.07, 6.45) is 4.13. The smallest absolute Gasteiger partial charge is 0.213 e. The van der Waals surface area contributed by atoms with Crippen LogP contribution in [-0.2, 0) is 11.3 Å². The molecule has 0 radical (unpaired) electrons. The van der Waals surface area contributed by atoms with E-state index in [2.05, 4.69) is 41.3 Å². The maximum atomic E-state index is 5.55. The molecule has 166 valence electrons. The Morgan fingerprint density at radius 1 is 1.24 bits per heavy atom. The molecule has 7 nitrogen and oxygen atoms in total. The molecule has 29 heavy (non-hydrogen) atoms. The molecule has 1 aliphatic heterocycles. The summed E-state index contributed by atoms with van der Waals surface area (Å²) >= 11 is 0. The molecule has 0 bridgehead atoms. The third kappa shape index (κ3) is 8.64. The zero-order valence-electron chi connectivity index (χ0n) is 18.3. The lowest BCUT2D eigenvalue weighted by atomic mass is 9.92. The summed E-state index contributed by atoms with van der Waals surface area (Å²) in [7, 11) is 1.63. The normalized spacial score (nSPS) is 16.2. The minimum Gasteiger partial charge on any atom is -0.481 e.